The van der Waals surface area contributed by atoms with E-state index in [9.17, 15) is 9.59 Å². The highest BCUT2D eigenvalue weighted by Gasteiger charge is 2.34. The molecular weight excluding hydrogens is 530 g/mol. The van der Waals surface area contributed by atoms with Gasteiger partial charge in [0.1, 0.15) is 11.8 Å². The number of nitrogens with zero attached hydrogens (tertiary/aromatic N) is 3. The molecule has 1 atom stereocenters. The highest BCUT2D eigenvalue weighted by atomic mass is 79.9. The number of allylic oxidation sites excluding steroid dienone is 1. The Morgan fingerprint density at radius 2 is 2.00 bits per heavy atom. The third kappa shape index (κ3) is 4.70. The van der Waals surface area contributed by atoms with Crippen molar-refractivity contribution in [1.29, 1.82) is 0 Å². The van der Waals surface area contributed by atoms with E-state index in [-0.39, 0.29) is 12.2 Å². The second kappa shape index (κ2) is 10.2. The molecular formula is C26H26BrN3O4S. The molecule has 1 aromatic heterocycles. The minimum absolute atomic E-state index is 0.219. The molecule has 1 aliphatic rings. The Labute approximate surface area is 215 Å². The fourth-order valence-corrected chi connectivity index (χ4v) is 5.90. The third-order valence-corrected chi connectivity index (χ3v) is 7.32. The van der Waals surface area contributed by atoms with Crippen molar-refractivity contribution in [2.75, 3.05) is 32.7 Å². The Kier molecular flexibility index (Phi) is 7.28. The van der Waals surface area contributed by atoms with Gasteiger partial charge in [0.15, 0.2) is 4.80 Å². The molecule has 0 aliphatic carbocycles. The molecule has 0 radical (unpaired) electrons. The molecule has 1 unspecified atom stereocenters. The zero-order valence-corrected chi connectivity index (χ0v) is 22.6. The summed E-state index contributed by atoms with van der Waals surface area (Å²) in [7, 11) is 5.51. The van der Waals surface area contributed by atoms with E-state index in [2.05, 4.69) is 20.9 Å². The summed E-state index contributed by atoms with van der Waals surface area (Å²) in [5.74, 6) is 0.0777. The molecule has 9 heteroatoms. The third-order valence-electron chi connectivity index (χ3n) is 5.70. The van der Waals surface area contributed by atoms with Crippen molar-refractivity contribution in [3.8, 4) is 5.75 Å². The van der Waals surface area contributed by atoms with E-state index < -0.39 is 12.0 Å². The smallest absolute Gasteiger partial charge is 0.338 e. The summed E-state index contributed by atoms with van der Waals surface area (Å²) >= 11 is 4.90. The molecule has 0 bridgehead atoms. The minimum Gasteiger partial charge on any atom is -0.496 e. The summed E-state index contributed by atoms with van der Waals surface area (Å²) in [6.45, 7) is 3.74. The predicted molar refractivity (Wildman–Crippen MR) is 142 cm³/mol. The first kappa shape index (κ1) is 24.9. The molecule has 0 amide bonds. The number of hydrogen-bond acceptors (Lipinski definition) is 7. The van der Waals surface area contributed by atoms with Gasteiger partial charge in [-0.25, -0.2) is 9.79 Å². The van der Waals surface area contributed by atoms with Crippen LogP contribution >= 0.6 is 27.3 Å². The van der Waals surface area contributed by atoms with Crippen molar-refractivity contribution < 1.29 is 14.3 Å². The van der Waals surface area contributed by atoms with Crippen LogP contribution in [-0.4, -0.2) is 38.3 Å². The van der Waals surface area contributed by atoms with Crippen LogP contribution in [0.2, 0.25) is 0 Å². The summed E-state index contributed by atoms with van der Waals surface area (Å²) in [6.07, 6.45) is 1.84. The van der Waals surface area contributed by atoms with Crippen LogP contribution in [0.3, 0.4) is 0 Å². The van der Waals surface area contributed by atoms with Crippen molar-refractivity contribution in [1.82, 2.24) is 4.57 Å². The molecule has 0 fully saturated rings. The van der Waals surface area contributed by atoms with Gasteiger partial charge in [-0.15, -0.1) is 0 Å². The van der Waals surface area contributed by atoms with E-state index >= 15 is 0 Å². The van der Waals surface area contributed by atoms with Crippen LogP contribution < -0.4 is 24.5 Å². The number of aromatic nitrogens is 1. The Balaban J connectivity index is 1.95. The molecule has 2 aromatic carbocycles. The number of hydrogen-bond donors (Lipinski definition) is 0. The number of carbonyl (C=O) groups is 1. The first-order valence-electron chi connectivity index (χ1n) is 11.1. The number of halogens is 1. The van der Waals surface area contributed by atoms with Gasteiger partial charge in [-0.1, -0.05) is 35.6 Å². The van der Waals surface area contributed by atoms with Crippen LogP contribution in [0.15, 0.2) is 68.0 Å². The van der Waals surface area contributed by atoms with Gasteiger partial charge in [0.2, 0.25) is 0 Å². The van der Waals surface area contributed by atoms with Gasteiger partial charge in [0.25, 0.3) is 5.56 Å². The van der Waals surface area contributed by atoms with Crippen molar-refractivity contribution in [2.24, 2.45) is 4.99 Å². The van der Waals surface area contributed by atoms with Gasteiger partial charge in [0.05, 0.1) is 35.2 Å². The highest BCUT2D eigenvalue weighted by Crippen LogP contribution is 2.35. The second-order valence-electron chi connectivity index (χ2n) is 8.15. The molecule has 7 nitrogen and oxygen atoms in total. The number of fused-ring (bicyclic) bond motifs is 1. The van der Waals surface area contributed by atoms with Crippen molar-refractivity contribution in [3.05, 3.63) is 89.0 Å². The maximum absolute atomic E-state index is 13.7. The lowest BCUT2D eigenvalue weighted by Gasteiger charge is -2.25. The predicted octanol–water partition coefficient (Wildman–Crippen LogP) is 3.64. The molecule has 0 saturated heterocycles. The maximum atomic E-state index is 13.7. The number of anilines is 1. The Hall–Kier alpha value is -3.17. The summed E-state index contributed by atoms with van der Waals surface area (Å²) in [6, 6.07) is 12.6. The Bertz CT molecular complexity index is 1500. The van der Waals surface area contributed by atoms with Crippen LogP contribution in [0.25, 0.3) is 6.08 Å². The number of ether oxygens (including phenoxy) is 2. The lowest BCUT2D eigenvalue weighted by atomic mass is 9.95. The molecule has 0 N–H and O–H groups in total. The Morgan fingerprint density at radius 3 is 2.66 bits per heavy atom. The van der Waals surface area contributed by atoms with Crippen molar-refractivity contribution >= 4 is 45.0 Å². The lowest BCUT2D eigenvalue weighted by molar-refractivity contribution is -0.139. The van der Waals surface area contributed by atoms with Gasteiger partial charge >= 0.3 is 5.97 Å². The SMILES string of the molecule is CCOC(=O)C1=C(C)N=c2s/c(=C\c3ccc(N(C)C)c(Br)c3)c(=O)n2C1c1ccccc1OC. The first-order chi connectivity index (χ1) is 16.8. The summed E-state index contributed by atoms with van der Waals surface area (Å²) < 4.78 is 14.0. The average molecular weight is 556 g/mol. The van der Waals surface area contributed by atoms with Crippen LogP contribution in [-0.2, 0) is 9.53 Å². The number of carbonyl (C=O) groups excluding carboxylic acids is 1. The normalized spacial score (nSPS) is 15.5. The summed E-state index contributed by atoms with van der Waals surface area (Å²) in [5, 5.41) is 0. The maximum Gasteiger partial charge on any atom is 0.338 e. The van der Waals surface area contributed by atoms with E-state index in [1.807, 2.05) is 67.5 Å². The van der Waals surface area contributed by atoms with E-state index in [0.29, 0.717) is 31.9 Å². The standard InChI is InChI=1S/C26H26BrN3O4S/c1-6-34-25(32)22-15(2)28-26-30(23(22)17-9-7-8-10-20(17)33-5)24(31)21(35-26)14-16-11-12-19(29(3)4)18(27)13-16/h7-14,23H,6H2,1-5H3/b21-14-. The first-order valence-corrected chi connectivity index (χ1v) is 12.7. The molecule has 4 rings (SSSR count). The van der Waals surface area contributed by atoms with Crippen molar-refractivity contribution in [3.63, 3.8) is 0 Å². The molecule has 35 heavy (non-hydrogen) atoms. The van der Waals surface area contributed by atoms with E-state index in [0.717, 1.165) is 15.7 Å². The van der Waals surface area contributed by atoms with Crippen LogP contribution in [0, 0.1) is 0 Å². The molecule has 182 valence electrons. The molecule has 3 aromatic rings. The van der Waals surface area contributed by atoms with Crippen LogP contribution in [0.5, 0.6) is 5.75 Å². The van der Waals surface area contributed by atoms with Crippen molar-refractivity contribution in [2.45, 2.75) is 19.9 Å². The lowest BCUT2D eigenvalue weighted by Crippen LogP contribution is -2.40. The van der Waals surface area contributed by atoms with E-state index in [1.165, 1.54) is 11.3 Å². The van der Waals surface area contributed by atoms with Gasteiger partial charge < -0.3 is 14.4 Å². The number of thiazole rings is 1. The van der Waals surface area contributed by atoms with Gasteiger partial charge in [-0.3, -0.25) is 9.36 Å². The number of benzene rings is 2. The largest absolute Gasteiger partial charge is 0.496 e. The van der Waals surface area contributed by atoms with E-state index in [1.54, 1.807) is 25.5 Å². The zero-order chi connectivity index (χ0) is 25.3. The molecule has 2 heterocycles. The number of rotatable bonds is 6. The highest BCUT2D eigenvalue weighted by molar-refractivity contribution is 9.10. The summed E-state index contributed by atoms with van der Waals surface area (Å²) in [4.78, 5) is 33.9. The van der Waals surface area contributed by atoms with Crippen LogP contribution in [0.4, 0.5) is 5.69 Å². The van der Waals surface area contributed by atoms with E-state index in [4.69, 9.17) is 9.47 Å². The number of methoxy groups -OCH3 is 1. The number of esters is 1. The number of para-hydroxylation sites is 1. The Morgan fingerprint density at radius 1 is 1.26 bits per heavy atom. The van der Waals surface area contributed by atoms with Crippen LogP contribution in [0.1, 0.15) is 31.0 Å². The van der Waals surface area contributed by atoms with Gasteiger partial charge in [0, 0.05) is 24.1 Å². The average Bonchev–Trinajstić information content (AvgIpc) is 3.12. The molecule has 0 saturated carbocycles. The fraction of sp³-hybridized carbons (Fsp3) is 0.269. The zero-order valence-electron chi connectivity index (χ0n) is 20.2. The second-order valence-corrected chi connectivity index (χ2v) is 10.0. The fourth-order valence-electron chi connectivity index (χ4n) is 4.11. The topological polar surface area (TPSA) is 73.1 Å². The molecule has 0 spiro atoms. The quantitative estimate of drug-likeness (QED) is 0.434. The van der Waals surface area contributed by atoms with Gasteiger partial charge in [-0.2, -0.15) is 0 Å². The monoisotopic (exact) mass is 555 g/mol. The summed E-state index contributed by atoms with van der Waals surface area (Å²) in [5.41, 5.74) is 3.22. The minimum atomic E-state index is -0.716. The van der Waals surface area contributed by atoms with Gasteiger partial charge in [-0.05, 0) is 59.6 Å². The molecule has 1 aliphatic heterocycles.